The number of hydrogen-bond acceptors (Lipinski definition) is 4. The van der Waals surface area contributed by atoms with E-state index in [2.05, 4.69) is 27.8 Å². The van der Waals surface area contributed by atoms with E-state index in [1.165, 1.54) is 11.4 Å². The molecular formula is C16H25BrN2O3S. The Hall–Kier alpha value is -0.630. The summed E-state index contributed by atoms with van der Waals surface area (Å²) in [6, 6.07) is 5.10. The molecule has 0 bridgehead atoms. The van der Waals surface area contributed by atoms with Gasteiger partial charge in [0.15, 0.2) is 0 Å². The number of hydrogen-bond donors (Lipinski definition) is 0. The topological polar surface area (TPSA) is 49.9 Å². The Morgan fingerprint density at radius 1 is 1.35 bits per heavy atom. The van der Waals surface area contributed by atoms with Gasteiger partial charge in [-0.05, 0) is 57.1 Å². The van der Waals surface area contributed by atoms with Crippen molar-refractivity contribution in [3.63, 3.8) is 0 Å². The number of sulfonamides is 1. The van der Waals surface area contributed by atoms with Crippen LogP contribution >= 0.6 is 15.9 Å². The third-order valence-corrected chi connectivity index (χ3v) is 6.82. The molecule has 0 spiro atoms. The zero-order valence-electron chi connectivity index (χ0n) is 14.0. The van der Waals surface area contributed by atoms with Crippen LogP contribution in [0.3, 0.4) is 0 Å². The fourth-order valence-corrected chi connectivity index (χ4v) is 5.13. The summed E-state index contributed by atoms with van der Waals surface area (Å²) < 4.78 is 33.4. The monoisotopic (exact) mass is 404 g/mol. The van der Waals surface area contributed by atoms with Crippen LogP contribution in [0.1, 0.15) is 26.2 Å². The molecule has 5 nitrogen and oxygen atoms in total. The van der Waals surface area contributed by atoms with Crippen LogP contribution in [0.15, 0.2) is 27.6 Å². The van der Waals surface area contributed by atoms with Crippen LogP contribution in [-0.2, 0) is 10.0 Å². The molecule has 1 aliphatic rings. The van der Waals surface area contributed by atoms with Crippen molar-refractivity contribution in [3.8, 4) is 5.75 Å². The highest BCUT2D eigenvalue weighted by atomic mass is 79.9. The Labute approximate surface area is 147 Å². The van der Waals surface area contributed by atoms with Crippen molar-refractivity contribution >= 4 is 26.0 Å². The maximum Gasteiger partial charge on any atom is 0.246 e. The van der Waals surface area contributed by atoms with Gasteiger partial charge >= 0.3 is 0 Å². The van der Waals surface area contributed by atoms with E-state index in [9.17, 15) is 8.42 Å². The first-order chi connectivity index (χ1) is 10.9. The van der Waals surface area contributed by atoms with Crippen molar-refractivity contribution in [2.75, 3.05) is 33.8 Å². The molecule has 0 unspecified atom stereocenters. The Morgan fingerprint density at radius 3 is 2.57 bits per heavy atom. The molecule has 0 radical (unpaired) electrons. The minimum Gasteiger partial charge on any atom is -0.495 e. The van der Waals surface area contributed by atoms with Crippen molar-refractivity contribution in [1.29, 1.82) is 0 Å². The smallest absolute Gasteiger partial charge is 0.246 e. The molecule has 7 heteroatoms. The van der Waals surface area contributed by atoms with Crippen LogP contribution in [0.4, 0.5) is 0 Å². The van der Waals surface area contributed by atoms with Gasteiger partial charge < -0.3 is 9.64 Å². The van der Waals surface area contributed by atoms with Crippen LogP contribution in [0.5, 0.6) is 5.75 Å². The molecule has 0 saturated carbocycles. The van der Waals surface area contributed by atoms with Gasteiger partial charge in [-0.25, -0.2) is 8.42 Å². The summed E-state index contributed by atoms with van der Waals surface area (Å²) in [4.78, 5) is 2.62. The number of benzene rings is 1. The van der Waals surface area contributed by atoms with Gasteiger partial charge in [0, 0.05) is 17.6 Å². The molecule has 2 rings (SSSR count). The van der Waals surface area contributed by atoms with E-state index in [1.807, 2.05) is 0 Å². The van der Waals surface area contributed by atoms with Crippen molar-refractivity contribution in [2.45, 2.75) is 37.1 Å². The minimum absolute atomic E-state index is 0.0387. The molecule has 0 aliphatic carbocycles. The molecule has 0 N–H and O–H groups in total. The SMILES string of the molecule is CCCN1CCC(N(C)S(=O)(=O)c2cc(Br)ccc2OC)CC1. The lowest BCUT2D eigenvalue weighted by Crippen LogP contribution is -2.45. The van der Waals surface area contributed by atoms with E-state index in [-0.39, 0.29) is 10.9 Å². The van der Waals surface area contributed by atoms with Crippen LogP contribution < -0.4 is 4.74 Å². The summed E-state index contributed by atoms with van der Waals surface area (Å²) in [6.07, 6.45) is 2.87. The fraction of sp³-hybridized carbons (Fsp3) is 0.625. The summed E-state index contributed by atoms with van der Waals surface area (Å²) in [5, 5.41) is 0. The Bertz CT molecular complexity index is 628. The predicted octanol–water partition coefficient (Wildman–Crippen LogP) is 2.95. The fourth-order valence-electron chi connectivity index (χ4n) is 3.03. The van der Waals surface area contributed by atoms with Gasteiger partial charge in [0.05, 0.1) is 7.11 Å². The molecule has 0 atom stereocenters. The summed E-state index contributed by atoms with van der Waals surface area (Å²) in [6.45, 7) is 5.16. The van der Waals surface area contributed by atoms with Crippen LogP contribution in [0, 0.1) is 0 Å². The zero-order chi connectivity index (χ0) is 17.0. The molecule has 1 heterocycles. The van der Waals surface area contributed by atoms with Crippen molar-refractivity contribution in [1.82, 2.24) is 9.21 Å². The number of nitrogens with zero attached hydrogens (tertiary/aromatic N) is 2. The van der Waals surface area contributed by atoms with Crippen LogP contribution in [0.2, 0.25) is 0 Å². The number of rotatable bonds is 6. The second-order valence-electron chi connectivity index (χ2n) is 5.89. The van der Waals surface area contributed by atoms with Crippen LogP contribution in [0.25, 0.3) is 0 Å². The number of likely N-dealkylation sites (tertiary alicyclic amines) is 1. The van der Waals surface area contributed by atoms with Crippen molar-refractivity contribution in [2.24, 2.45) is 0 Å². The number of halogens is 1. The van der Waals surface area contributed by atoms with Gasteiger partial charge in [-0.3, -0.25) is 0 Å². The van der Waals surface area contributed by atoms with Crippen LogP contribution in [-0.4, -0.2) is 57.5 Å². The van der Waals surface area contributed by atoms with E-state index >= 15 is 0 Å². The lowest BCUT2D eigenvalue weighted by Gasteiger charge is -2.36. The number of ether oxygens (including phenoxy) is 1. The first-order valence-electron chi connectivity index (χ1n) is 7.94. The normalized spacial score (nSPS) is 17.6. The Balaban J connectivity index is 2.18. The number of methoxy groups -OCH3 is 1. The Morgan fingerprint density at radius 2 is 2.00 bits per heavy atom. The van der Waals surface area contributed by atoms with Gasteiger partial charge in [-0.1, -0.05) is 22.9 Å². The maximum absolute atomic E-state index is 13.0. The lowest BCUT2D eigenvalue weighted by atomic mass is 10.1. The van der Waals surface area contributed by atoms with E-state index in [1.54, 1.807) is 25.2 Å². The maximum atomic E-state index is 13.0. The highest BCUT2D eigenvalue weighted by Gasteiger charge is 2.32. The third kappa shape index (κ3) is 4.26. The average molecular weight is 405 g/mol. The lowest BCUT2D eigenvalue weighted by molar-refractivity contribution is 0.170. The highest BCUT2D eigenvalue weighted by Crippen LogP contribution is 2.31. The summed E-state index contributed by atoms with van der Waals surface area (Å²) in [7, 11) is -0.406. The predicted molar refractivity (Wildman–Crippen MR) is 95.4 cm³/mol. The van der Waals surface area contributed by atoms with Gasteiger partial charge in [-0.15, -0.1) is 0 Å². The third-order valence-electron chi connectivity index (χ3n) is 4.39. The molecule has 130 valence electrons. The Kier molecular flexibility index (Phi) is 6.48. The number of piperidine rings is 1. The van der Waals surface area contributed by atoms with Gasteiger partial charge in [0.2, 0.25) is 10.0 Å². The van der Waals surface area contributed by atoms with Gasteiger partial charge in [-0.2, -0.15) is 4.31 Å². The summed E-state index contributed by atoms with van der Waals surface area (Å²) >= 11 is 3.34. The largest absolute Gasteiger partial charge is 0.495 e. The second-order valence-corrected chi connectivity index (χ2v) is 8.77. The molecule has 1 saturated heterocycles. The molecule has 1 aromatic carbocycles. The molecule has 0 aromatic heterocycles. The summed E-state index contributed by atoms with van der Waals surface area (Å²) in [5.74, 6) is 0.378. The quantitative estimate of drug-likeness (QED) is 0.730. The standard InChI is InChI=1S/C16H25BrN2O3S/c1-4-9-19-10-7-14(8-11-19)18(2)23(20,21)16-12-13(17)5-6-15(16)22-3/h5-6,12,14H,4,7-11H2,1-3H3. The van der Waals surface area contributed by atoms with E-state index in [4.69, 9.17) is 4.74 Å². The van der Waals surface area contributed by atoms with Crippen molar-refractivity contribution < 1.29 is 13.2 Å². The average Bonchev–Trinajstić information content (AvgIpc) is 2.55. The molecule has 1 fully saturated rings. The molecule has 1 aliphatic heterocycles. The summed E-state index contributed by atoms with van der Waals surface area (Å²) in [5.41, 5.74) is 0. The van der Waals surface area contributed by atoms with Crippen molar-refractivity contribution in [3.05, 3.63) is 22.7 Å². The second kappa shape index (κ2) is 7.96. The van der Waals surface area contributed by atoms with E-state index in [0.717, 1.165) is 43.4 Å². The zero-order valence-corrected chi connectivity index (χ0v) is 16.4. The first-order valence-corrected chi connectivity index (χ1v) is 10.2. The van der Waals surface area contributed by atoms with E-state index < -0.39 is 10.0 Å². The highest BCUT2D eigenvalue weighted by molar-refractivity contribution is 9.10. The van der Waals surface area contributed by atoms with Gasteiger partial charge in [0.25, 0.3) is 0 Å². The molecule has 0 amide bonds. The molecular weight excluding hydrogens is 380 g/mol. The minimum atomic E-state index is -3.57. The molecule has 1 aromatic rings. The first kappa shape index (κ1) is 18.7. The molecule has 23 heavy (non-hydrogen) atoms. The van der Waals surface area contributed by atoms with E-state index in [0.29, 0.717) is 5.75 Å². The van der Waals surface area contributed by atoms with Gasteiger partial charge in [0.1, 0.15) is 10.6 Å².